The smallest absolute Gasteiger partial charge is 0.406 e. The SMILES string of the molecule is O=S(=O)(c1cccc(OC(F)(F)F)c1)N1CCC12CCOC2. The molecule has 9 heteroatoms. The molecule has 0 amide bonds. The molecule has 2 fully saturated rings. The van der Waals surface area contributed by atoms with E-state index in [1.165, 1.54) is 16.4 Å². The Labute approximate surface area is 125 Å². The number of ether oxygens (including phenoxy) is 2. The minimum absolute atomic E-state index is 0.208. The lowest BCUT2D eigenvalue weighted by Crippen LogP contribution is -2.62. The first-order valence-corrected chi connectivity index (χ1v) is 8.13. The molecule has 0 radical (unpaired) electrons. The first-order chi connectivity index (χ1) is 10.2. The maximum atomic E-state index is 12.6. The second-order valence-electron chi connectivity index (χ2n) is 5.38. The number of rotatable bonds is 3. The third-order valence-corrected chi connectivity index (χ3v) is 6.02. The number of sulfonamides is 1. The van der Waals surface area contributed by atoms with Crippen molar-refractivity contribution in [2.45, 2.75) is 29.6 Å². The molecule has 1 spiro atoms. The quantitative estimate of drug-likeness (QED) is 0.848. The number of nitrogens with zero attached hydrogens (tertiary/aromatic N) is 1. The maximum absolute atomic E-state index is 12.6. The summed E-state index contributed by atoms with van der Waals surface area (Å²) in [6, 6.07) is 4.45. The van der Waals surface area contributed by atoms with Crippen molar-refractivity contribution >= 4 is 10.0 Å². The molecule has 2 heterocycles. The minimum atomic E-state index is -4.86. The van der Waals surface area contributed by atoms with Gasteiger partial charge in [0, 0.05) is 19.2 Å². The highest BCUT2D eigenvalue weighted by Crippen LogP contribution is 2.42. The minimum Gasteiger partial charge on any atom is -0.406 e. The van der Waals surface area contributed by atoms with Gasteiger partial charge in [0.1, 0.15) is 5.75 Å². The van der Waals surface area contributed by atoms with E-state index in [0.29, 0.717) is 32.6 Å². The molecule has 0 aromatic heterocycles. The Kier molecular flexibility index (Phi) is 3.61. The van der Waals surface area contributed by atoms with Crippen molar-refractivity contribution in [1.82, 2.24) is 4.31 Å². The average Bonchev–Trinajstić information content (AvgIpc) is 2.86. The second-order valence-corrected chi connectivity index (χ2v) is 7.24. The molecule has 1 atom stereocenters. The molecule has 0 N–H and O–H groups in total. The Bertz CT molecular complexity index is 668. The zero-order valence-corrected chi connectivity index (χ0v) is 12.3. The van der Waals surface area contributed by atoms with E-state index in [1.54, 1.807) is 0 Å². The number of hydrogen-bond donors (Lipinski definition) is 0. The number of alkyl halides is 3. The van der Waals surface area contributed by atoms with Gasteiger partial charge in [0.2, 0.25) is 10.0 Å². The van der Waals surface area contributed by atoms with E-state index in [0.717, 1.165) is 12.1 Å². The van der Waals surface area contributed by atoms with Crippen molar-refractivity contribution in [3.8, 4) is 5.75 Å². The summed E-state index contributed by atoms with van der Waals surface area (Å²) in [7, 11) is -3.87. The van der Waals surface area contributed by atoms with Crippen LogP contribution in [0.2, 0.25) is 0 Å². The summed E-state index contributed by atoms with van der Waals surface area (Å²) in [6.45, 7) is 1.16. The van der Waals surface area contributed by atoms with Crippen molar-refractivity contribution in [1.29, 1.82) is 0 Å². The van der Waals surface area contributed by atoms with Crippen molar-refractivity contribution in [2.24, 2.45) is 0 Å². The van der Waals surface area contributed by atoms with Crippen LogP contribution in [-0.2, 0) is 14.8 Å². The van der Waals surface area contributed by atoms with Crippen LogP contribution < -0.4 is 4.74 Å². The van der Waals surface area contributed by atoms with Gasteiger partial charge in [0.25, 0.3) is 0 Å². The molecule has 2 aliphatic heterocycles. The summed E-state index contributed by atoms with van der Waals surface area (Å²) in [5, 5.41) is 0. The third-order valence-electron chi connectivity index (χ3n) is 4.02. The molecule has 0 saturated carbocycles. The first kappa shape index (κ1) is 15.6. The van der Waals surface area contributed by atoms with E-state index in [9.17, 15) is 21.6 Å². The van der Waals surface area contributed by atoms with Crippen molar-refractivity contribution in [3.05, 3.63) is 24.3 Å². The lowest BCUT2D eigenvalue weighted by atomic mass is 9.87. The Morgan fingerprint density at radius 3 is 2.59 bits per heavy atom. The summed E-state index contributed by atoms with van der Waals surface area (Å²) in [4.78, 5) is -0.208. The van der Waals surface area contributed by atoms with E-state index in [2.05, 4.69) is 4.74 Å². The zero-order valence-electron chi connectivity index (χ0n) is 11.5. The van der Waals surface area contributed by atoms with E-state index in [-0.39, 0.29) is 4.90 Å². The Morgan fingerprint density at radius 2 is 2.05 bits per heavy atom. The Morgan fingerprint density at radius 1 is 1.27 bits per heavy atom. The first-order valence-electron chi connectivity index (χ1n) is 6.69. The number of halogens is 3. The summed E-state index contributed by atoms with van der Waals surface area (Å²) in [6.07, 6.45) is -3.56. The van der Waals surface area contributed by atoms with Gasteiger partial charge in [-0.2, -0.15) is 4.31 Å². The highest BCUT2D eigenvalue weighted by atomic mass is 32.2. The van der Waals surface area contributed by atoms with Crippen LogP contribution in [0.3, 0.4) is 0 Å². The number of benzene rings is 1. The summed E-state index contributed by atoms with van der Waals surface area (Å²) >= 11 is 0. The van der Waals surface area contributed by atoms with Crippen molar-refractivity contribution in [2.75, 3.05) is 19.8 Å². The van der Waals surface area contributed by atoms with Gasteiger partial charge in [-0.3, -0.25) is 0 Å². The zero-order chi connectivity index (χ0) is 16.0. The Balaban J connectivity index is 1.88. The van der Waals surface area contributed by atoms with Crippen LogP contribution in [0, 0.1) is 0 Å². The Hall–Kier alpha value is -1.32. The fourth-order valence-corrected chi connectivity index (χ4v) is 4.69. The highest BCUT2D eigenvalue weighted by Gasteiger charge is 2.53. The molecule has 5 nitrogen and oxygen atoms in total. The molecule has 2 saturated heterocycles. The second kappa shape index (κ2) is 5.10. The molecule has 1 aromatic carbocycles. The van der Waals surface area contributed by atoms with Gasteiger partial charge in [0.05, 0.1) is 17.0 Å². The molecule has 0 bridgehead atoms. The largest absolute Gasteiger partial charge is 0.573 e. The molecule has 22 heavy (non-hydrogen) atoms. The van der Waals surface area contributed by atoms with Gasteiger partial charge in [-0.25, -0.2) is 8.42 Å². The molecule has 1 aromatic rings. The average molecular weight is 337 g/mol. The van der Waals surface area contributed by atoms with Crippen LogP contribution in [0.25, 0.3) is 0 Å². The van der Waals surface area contributed by atoms with Crippen molar-refractivity contribution in [3.63, 3.8) is 0 Å². The highest BCUT2D eigenvalue weighted by molar-refractivity contribution is 7.89. The van der Waals surface area contributed by atoms with Crippen LogP contribution in [-0.4, -0.2) is 44.4 Å². The van der Waals surface area contributed by atoms with Crippen LogP contribution in [0.1, 0.15) is 12.8 Å². The fraction of sp³-hybridized carbons (Fsp3) is 0.538. The molecular formula is C13H14F3NO4S. The molecule has 1 unspecified atom stereocenters. The standard InChI is InChI=1S/C13H14F3NO4S/c14-13(15,16)21-10-2-1-3-11(8-10)22(18,19)17-6-4-12(17)5-7-20-9-12/h1-3,8H,4-7,9H2. The van der Waals surface area contributed by atoms with Crippen LogP contribution in [0.5, 0.6) is 5.75 Å². The van der Waals surface area contributed by atoms with E-state index in [4.69, 9.17) is 4.74 Å². The number of hydrogen-bond acceptors (Lipinski definition) is 4. The molecule has 3 rings (SSSR count). The maximum Gasteiger partial charge on any atom is 0.573 e. The lowest BCUT2D eigenvalue weighted by molar-refractivity contribution is -0.274. The summed E-state index contributed by atoms with van der Waals surface area (Å²) in [5.74, 6) is -0.550. The third kappa shape index (κ3) is 2.68. The van der Waals surface area contributed by atoms with Crippen LogP contribution in [0.4, 0.5) is 13.2 Å². The molecular weight excluding hydrogens is 323 g/mol. The lowest BCUT2D eigenvalue weighted by Gasteiger charge is -2.48. The van der Waals surface area contributed by atoms with Crippen molar-refractivity contribution < 1.29 is 31.1 Å². The van der Waals surface area contributed by atoms with Crippen LogP contribution in [0.15, 0.2) is 29.2 Å². The predicted octanol–water partition coefficient (Wildman–Crippen LogP) is 2.14. The van der Waals surface area contributed by atoms with E-state index in [1.807, 2.05) is 0 Å². The molecule has 122 valence electrons. The fourth-order valence-electron chi connectivity index (χ4n) is 2.84. The molecule has 2 aliphatic rings. The van der Waals surface area contributed by atoms with Gasteiger partial charge in [-0.05, 0) is 25.0 Å². The van der Waals surface area contributed by atoms with E-state index >= 15 is 0 Å². The normalized spacial score (nSPS) is 26.1. The summed E-state index contributed by atoms with van der Waals surface area (Å²) in [5.41, 5.74) is -0.542. The van der Waals surface area contributed by atoms with E-state index < -0.39 is 27.7 Å². The van der Waals surface area contributed by atoms with Gasteiger partial charge in [-0.1, -0.05) is 6.07 Å². The van der Waals surface area contributed by atoms with Gasteiger partial charge >= 0.3 is 6.36 Å². The summed E-state index contributed by atoms with van der Waals surface area (Å²) < 4.78 is 72.4. The monoisotopic (exact) mass is 337 g/mol. The van der Waals surface area contributed by atoms with Crippen LogP contribution >= 0.6 is 0 Å². The predicted molar refractivity (Wildman–Crippen MR) is 69.8 cm³/mol. The topological polar surface area (TPSA) is 55.8 Å². The van der Waals surface area contributed by atoms with Gasteiger partial charge in [0.15, 0.2) is 0 Å². The van der Waals surface area contributed by atoms with Gasteiger partial charge in [-0.15, -0.1) is 13.2 Å². The van der Waals surface area contributed by atoms with Gasteiger partial charge < -0.3 is 9.47 Å². The molecule has 0 aliphatic carbocycles.